The molecule has 8 nitrogen and oxygen atoms in total. The van der Waals surface area contributed by atoms with Crippen molar-refractivity contribution in [1.82, 2.24) is 9.55 Å². The summed E-state index contributed by atoms with van der Waals surface area (Å²) in [6, 6.07) is 6.91. The normalized spacial score (nSPS) is 11.0. The van der Waals surface area contributed by atoms with Crippen molar-refractivity contribution < 1.29 is 24.2 Å². The Balaban J connectivity index is 1.74. The number of carboxylic acid groups (broad SMARTS) is 1. The number of fused-ring (bicyclic) bond motifs is 1. The first kappa shape index (κ1) is 20.7. The largest absolute Gasteiger partial charge is 0.475 e. The average Bonchev–Trinajstić information content (AvgIpc) is 3.12. The third-order valence-electron chi connectivity index (χ3n) is 4.27. The van der Waals surface area contributed by atoms with Gasteiger partial charge in [-0.2, -0.15) is 0 Å². The van der Waals surface area contributed by atoms with Gasteiger partial charge in [0.25, 0.3) is 5.56 Å². The van der Waals surface area contributed by atoms with Gasteiger partial charge in [-0.3, -0.25) is 9.36 Å². The number of hydrogen-bond acceptors (Lipinski definition) is 7. The maximum Gasteiger partial charge on any atom is 0.372 e. The van der Waals surface area contributed by atoms with E-state index in [1.54, 1.807) is 43.5 Å². The monoisotopic (exact) mass is 416 g/mol. The second-order valence-corrected chi connectivity index (χ2v) is 7.00. The minimum atomic E-state index is -1.23. The van der Waals surface area contributed by atoms with Gasteiger partial charge < -0.3 is 14.6 Å². The number of hydrogen-bond donors (Lipinski definition) is 1. The van der Waals surface area contributed by atoms with Gasteiger partial charge in [0.2, 0.25) is 5.82 Å². The fourth-order valence-corrected chi connectivity index (χ4v) is 3.79. The van der Waals surface area contributed by atoms with Gasteiger partial charge >= 0.3 is 11.9 Å². The summed E-state index contributed by atoms with van der Waals surface area (Å²) in [7, 11) is 0. The van der Waals surface area contributed by atoms with Crippen molar-refractivity contribution in [3.05, 3.63) is 62.5 Å². The minimum Gasteiger partial charge on any atom is -0.475 e. The Kier molecular flexibility index (Phi) is 6.40. The van der Waals surface area contributed by atoms with Crippen LogP contribution in [0.2, 0.25) is 0 Å². The van der Waals surface area contributed by atoms with Crippen LogP contribution in [-0.2, 0) is 29.2 Å². The smallest absolute Gasteiger partial charge is 0.372 e. The van der Waals surface area contributed by atoms with Crippen LogP contribution in [0.1, 0.15) is 46.0 Å². The van der Waals surface area contributed by atoms with Crippen LogP contribution in [0.3, 0.4) is 0 Å². The second-order valence-electron chi connectivity index (χ2n) is 6.14. The average molecular weight is 416 g/mol. The molecule has 2 aromatic heterocycles. The third-order valence-corrected chi connectivity index (χ3v) is 5.19. The lowest BCUT2D eigenvalue weighted by Gasteiger charge is -2.08. The van der Waals surface area contributed by atoms with Crippen LogP contribution in [0.25, 0.3) is 10.2 Å². The van der Waals surface area contributed by atoms with Crippen molar-refractivity contribution in [3.8, 4) is 0 Å². The zero-order chi connectivity index (χ0) is 21.0. The highest BCUT2D eigenvalue weighted by Gasteiger charge is 2.19. The Labute approximate surface area is 170 Å². The molecule has 0 atom stereocenters. The van der Waals surface area contributed by atoms with Gasteiger partial charge in [-0.1, -0.05) is 12.1 Å². The molecule has 1 aromatic carbocycles. The van der Waals surface area contributed by atoms with E-state index in [9.17, 15) is 19.5 Å². The number of esters is 1. The number of nitrogens with zero attached hydrogens (tertiary/aromatic N) is 2. The van der Waals surface area contributed by atoms with Crippen LogP contribution in [0, 0.1) is 0 Å². The van der Waals surface area contributed by atoms with E-state index < -0.39 is 5.97 Å². The molecule has 0 amide bonds. The van der Waals surface area contributed by atoms with Gasteiger partial charge in [-0.05, 0) is 36.9 Å². The molecular weight excluding hydrogens is 396 g/mol. The lowest BCUT2D eigenvalue weighted by Crippen LogP contribution is -2.27. The van der Waals surface area contributed by atoms with Gasteiger partial charge in [0, 0.05) is 12.1 Å². The predicted molar refractivity (Wildman–Crippen MR) is 107 cm³/mol. The quantitative estimate of drug-likeness (QED) is 0.562. The molecule has 0 bridgehead atoms. The maximum atomic E-state index is 12.7. The minimum absolute atomic E-state index is 0.187. The summed E-state index contributed by atoms with van der Waals surface area (Å²) in [4.78, 5) is 40.2. The molecule has 0 aliphatic carbocycles. The standard InChI is InChI=1S/C20H20N2O6S/c1-3-22-16(19(24)25)21-17-15(18(22)23)14(11-29-17)10-27-9-12-5-7-13(8-6-12)20(26)28-4-2/h5-8,11H,3-4,9-10H2,1-2H3,(H,24,25). The van der Waals surface area contributed by atoms with Gasteiger partial charge in [0.05, 0.1) is 30.8 Å². The molecule has 0 unspecified atom stereocenters. The number of carbonyl (C=O) groups excluding carboxylic acids is 1. The van der Waals surface area contributed by atoms with Gasteiger partial charge in [0.15, 0.2) is 0 Å². The highest BCUT2D eigenvalue weighted by Crippen LogP contribution is 2.23. The van der Waals surface area contributed by atoms with E-state index in [1.165, 1.54) is 11.3 Å². The van der Waals surface area contributed by atoms with E-state index in [0.717, 1.165) is 10.1 Å². The van der Waals surface area contributed by atoms with E-state index in [0.29, 0.717) is 34.6 Å². The summed E-state index contributed by atoms with van der Waals surface area (Å²) in [5.41, 5.74) is 1.63. The molecule has 3 rings (SSSR count). The summed E-state index contributed by atoms with van der Waals surface area (Å²) in [6.45, 7) is 4.47. The first-order valence-electron chi connectivity index (χ1n) is 9.04. The number of rotatable bonds is 8. The third kappa shape index (κ3) is 4.36. The van der Waals surface area contributed by atoms with Gasteiger partial charge in [0.1, 0.15) is 4.83 Å². The molecule has 0 saturated heterocycles. The van der Waals surface area contributed by atoms with E-state index in [1.807, 2.05) is 0 Å². The molecular formula is C20H20N2O6S. The molecule has 0 fully saturated rings. The molecule has 0 aliphatic heterocycles. The van der Waals surface area contributed by atoms with E-state index in [4.69, 9.17) is 9.47 Å². The summed E-state index contributed by atoms with van der Waals surface area (Å²) < 4.78 is 11.8. The fourth-order valence-electron chi connectivity index (χ4n) is 2.87. The van der Waals surface area contributed by atoms with Crippen LogP contribution in [0.15, 0.2) is 34.4 Å². The molecule has 3 aromatic rings. The predicted octanol–water partition coefficient (Wildman–Crippen LogP) is 3.07. The Morgan fingerprint density at radius 3 is 2.52 bits per heavy atom. The topological polar surface area (TPSA) is 108 Å². The number of ether oxygens (including phenoxy) is 2. The fraction of sp³-hybridized carbons (Fsp3) is 0.300. The Hall–Kier alpha value is -3.04. The molecule has 1 N–H and O–H groups in total. The highest BCUT2D eigenvalue weighted by molar-refractivity contribution is 7.16. The van der Waals surface area contributed by atoms with Crippen LogP contribution < -0.4 is 5.56 Å². The molecule has 0 radical (unpaired) electrons. The molecule has 0 aliphatic rings. The van der Waals surface area contributed by atoms with Crippen LogP contribution in [-0.4, -0.2) is 33.2 Å². The van der Waals surface area contributed by atoms with E-state index >= 15 is 0 Å². The zero-order valence-corrected chi connectivity index (χ0v) is 16.8. The Bertz CT molecular complexity index is 1100. The summed E-state index contributed by atoms with van der Waals surface area (Å²) in [6.07, 6.45) is 0. The van der Waals surface area contributed by atoms with Crippen LogP contribution in [0.4, 0.5) is 0 Å². The number of benzene rings is 1. The molecule has 2 heterocycles. The van der Waals surface area contributed by atoms with Crippen molar-refractivity contribution in [3.63, 3.8) is 0 Å². The molecule has 152 valence electrons. The number of aromatic nitrogens is 2. The lowest BCUT2D eigenvalue weighted by atomic mass is 10.1. The van der Waals surface area contributed by atoms with Crippen LogP contribution in [0.5, 0.6) is 0 Å². The second kappa shape index (κ2) is 8.97. The number of aromatic carboxylic acids is 1. The number of carboxylic acids is 1. The first-order valence-corrected chi connectivity index (χ1v) is 9.92. The van der Waals surface area contributed by atoms with E-state index in [2.05, 4.69) is 4.98 Å². The SMILES string of the molecule is CCOC(=O)c1ccc(COCc2csc3nc(C(=O)O)n(CC)c(=O)c23)cc1. The maximum absolute atomic E-state index is 12.7. The van der Waals surface area contributed by atoms with Crippen molar-refractivity contribution in [2.45, 2.75) is 33.6 Å². The Morgan fingerprint density at radius 1 is 1.17 bits per heavy atom. The van der Waals surface area contributed by atoms with Gasteiger partial charge in [-0.15, -0.1) is 11.3 Å². The summed E-state index contributed by atoms with van der Waals surface area (Å²) in [5.74, 6) is -1.87. The first-order chi connectivity index (χ1) is 14.0. The summed E-state index contributed by atoms with van der Waals surface area (Å²) >= 11 is 1.22. The molecule has 29 heavy (non-hydrogen) atoms. The van der Waals surface area contributed by atoms with Crippen molar-refractivity contribution in [2.75, 3.05) is 6.61 Å². The van der Waals surface area contributed by atoms with Gasteiger partial charge in [-0.25, -0.2) is 14.6 Å². The number of carbonyl (C=O) groups is 2. The van der Waals surface area contributed by atoms with Crippen molar-refractivity contribution in [1.29, 1.82) is 0 Å². The van der Waals surface area contributed by atoms with Crippen molar-refractivity contribution >= 4 is 33.5 Å². The molecule has 0 saturated carbocycles. The lowest BCUT2D eigenvalue weighted by molar-refractivity contribution is 0.0525. The van der Waals surface area contributed by atoms with E-state index in [-0.39, 0.29) is 30.5 Å². The van der Waals surface area contributed by atoms with Crippen LogP contribution >= 0.6 is 11.3 Å². The highest BCUT2D eigenvalue weighted by atomic mass is 32.1. The number of thiophene rings is 1. The molecule has 0 spiro atoms. The zero-order valence-electron chi connectivity index (χ0n) is 16.0. The summed E-state index contributed by atoms with van der Waals surface area (Å²) in [5, 5.41) is 11.4. The molecule has 9 heteroatoms. The Morgan fingerprint density at radius 2 is 1.90 bits per heavy atom. The van der Waals surface area contributed by atoms with Crippen molar-refractivity contribution in [2.24, 2.45) is 0 Å².